The van der Waals surface area contributed by atoms with Gasteiger partial charge in [-0.25, -0.2) is 9.97 Å². The fourth-order valence-corrected chi connectivity index (χ4v) is 3.78. The third kappa shape index (κ3) is 18.7. The van der Waals surface area contributed by atoms with Crippen LogP contribution in [0.2, 0.25) is 10.3 Å². The number of nitrogens with two attached hydrogens (primary N) is 1. The molecule has 0 radical (unpaired) electrons. The second kappa shape index (κ2) is 24.6. The van der Waals surface area contributed by atoms with Crippen molar-refractivity contribution in [1.29, 1.82) is 0 Å². The van der Waals surface area contributed by atoms with Crippen LogP contribution in [0.5, 0.6) is 0 Å². The molecule has 4 N–H and O–H groups in total. The molecule has 0 aliphatic rings. The van der Waals surface area contributed by atoms with Gasteiger partial charge in [-0.2, -0.15) is 0 Å². The zero-order valence-electron chi connectivity index (χ0n) is 24.2. The fraction of sp³-hybridized carbons (Fsp3) is 0.440. The molecule has 2 aromatic rings. The van der Waals surface area contributed by atoms with Gasteiger partial charge in [-0.05, 0) is 57.3 Å². The molecule has 0 unspecified atom stereocenters. The molecule has 41 heavy (non-hydrogen) atoms. The topological polar surface area (TPSA) is 177 Å². The van der Waals surface area contributed by atoms with Gasteiger partial charge in [-0.3, -0.25) is 20.2 Å². The van der Waals surface area contributed by atoms with Crippen molar-refractivity contribution < 1.29 is 15.0 Å². The summed E-state index contributed by atoms with van der Waals surface area (Å²) in [7, 11) is 3.15. The number of hydrogen-bond donors (Lipinski definition) is 3. The van der Waals surface area contributed by atoms with E-state index in [9.17, 15) is 20.2 Å². The molecule has 0 aliphatic heterocycles. The minimum atomic E-state index is -0.478. The molecule has 2 aromatic heterocycles. The van der Waals surface area contributed by atoms with E-state index in [4.69, 9.17) is 28.3 Å². The largest absolute Gasteiger partial charge is 0.397 e. The SMILES string of the molecule is CCN(Cc1ccc(Cl)nc1)/C(=C/[N+](=O)[O-])NC.CCN(Cc1ccc(Cl)nc1)/C(=C/[N+](=O)[O-])SC.CCO.CN. The smallest absolute Gasteiger partial charge is 0.274 e. The van der Waals surface area contributed by atoms with Gasteiger partial charge in [-0.15, -0.1) is 11.8 Å². The quantitative estimate of drug-likeness (QED) is 0.170. The van der Waals surface area contributed by atoms with Crippen LogP contribution in [0.25, 0.3) is 0 Å². The van der Waals surface area contributed by atoms with Crippen molar-refractivity contribution in [2.45, 2.75) is 33.9 Å². The Morgan fingerprint density at radius 1 is 0.951 bits per heavy atom. The summed E-state index contributed by atoms with van der Waals surface area (Å²) < 4.78 is 0. The monoisotopic (exact) mass is 634 g/mol. The Labute approximate surface area is 255 Å². The summed E-state index contributed by atoms with van der Waals surface area (Å²) in [6.07, 6.45) is 7.13. The number of rotatable bonds is 12. The maximum atomic E-state index is 10.5. The van der Waals surface area contributed by atoms with Crippen molar-refractivity contribution in [1.82, 2.24) is 25.1 Å². The minimum absolute atomic E-state index is 0.250. The molecule has 2 rings (SSSR count). The Balaban J connectivity index is 0. The summed E-state index contributed by atoms with van der Waals surface area (Å²) in [6, 6.07) is 7.11. The minimum Gasteiger partial charge on any atom is -0.397 e. The lowest BCUT2D eigenvalue weighted by Gasteiger charge is -2.23. The molecular weight excluding hydrogens is 595 g/mol. The standard InChI is InChI=1S/C11H15ClN4O2.C11H14ClN3O2S.C2H6O.CH5N/c1-3-15(11(13-2)8-16(17)18)7-9-4-5-10(12)14-6-9;1-3-14(11(18-2)8-15(16)17)7-9-4-5-10(12)13-6-9;1-2-3;1-2/h4-6,8,13H,3,7H2,1-2H3;4-6,8H,3,7H2,1-2H3;3H,2H2,1H3;2H2,1H3/b11-8+;11-8-;;. The third-order valence-corrected chi connectivity index (χ3v) is 5.88. The van der Waals surface area contributed by atoms with Crippen LogP contribution >= 0.6 is 35.0 Å². The highest BCUT2D eigenvalue weighted by molar-refractivity contribution is 8.02. The number of thioether (sulfide) groups is 1. The average Bonchev–Trinajstić information content (AvgIpc) is 2.96. The van der Waals surface area contributed by atoms with Crippen LogP contribution in [0.1, 0.15) is 31.9 Å². The van der Waals surface area contributed by atoms with E-state index < -0.39 is 9.85 Å². The number of nitrogens with one attached hydrogen (secondary N) is 1. The van der Waals surface area contributed by atoms with E-state index in [0.717, 1.165) is 23.5 Å². The summed E-state index contributed by atoms with van der Waals surface area (Å²) in [6.45, 7) is 8.23. The average molecular weight is 636 g/mol. The summed E-state index contributed by atoms with van der Waals surface area (Å²) >= 11 is 12.8. The van der Waals surface area contributed by atoms with E-state index in [1.54, 1.807) is 38.5 Å². The second-order valence-corrected chi connectivity index (χ2v) is 8.93. The zero-order valence-corrected chi connectivity index (χ0v) is 26.5. The van der Waals surface area contributed by atoms with Gasteiger partial charge in [0.2, 0.25) is 0 Å². The Hall–Kier alpha value is -3.17. The molecule has 0 fully saturated rings. The van der Waals surface area contributed by atoms with E-state index in [1.165, 1.54) is 18.8 Å². The number of halogens is 2. The number of pyridine rings is 2. The van der Waals surface area contributed by atoms with Gasteiger partial charge in [0.15, 0.2) is 5.82 Å². The van der Waals surface area contributed by atoms with Crippen LogP contribution in [0.15, 0.2) is 59.9 Å². The van der Waals surface area contributed by atoms with Crippen LogP contribution < -0.4 is 11.1 Å². The normalized spacial score (nSPS) is 10.5. The van der Waals surface area contributed by atoms with Crippen LogP contribution in [0, 0.1) is 20.2 Å². The first kappa shape index (κ1) is 40.0. The maximum Gasteiger partial charge on any atom is 0.274 e. The highest BCUT2D eigenvalue weighted by Crippen LogP contribution is 2.20. The van der Waals surface area contributed by atoms with Crippen LogP contribution in [-0.2, 0) is 13.1 Å². The fourth-order valence-electron chi connectivity index (χ4n) is 2.91. The highest BCUT2D eigenvalue weighted by Gasteiger charge is 2.12. The first-order valence-corrected chi connectivity index (χ1v) is 14.3. The highest BCUT2D eigenvalue weighted by atomic mass is 35.5. The summed E-state index contributed by atoms with van der Waals surface area (Å²) in [5, 5.41) is 32.9. The van der Waals surface area contributed by atoms with Gasteiger partial charge in [0.25, 0.3) is 12.4 Å². The lowest BCUT2D eigenvalue weighted by Crippen LogP contribution is -2.30. The Kier molecular flexibility index (Phi) is 24.0. The van der Waals surface area contributed by atoms with E-state index in [-0.39, 0.29) is 6.61 Å². The molecule has 0 atom stereocenters. The van der Waals surface area contributed by atoms with Crippen LogP contribution in [0.4, 0.5) is 0 Å². The molecular formula is C25H40Cl2N8O5S. The van der Waals surface area contributed by atoms with E-state index >= 15 is 0 Å². The third-order valence-electron chi connectivity index (χ3n) is 4.65. The molecule has 0 saturated heterocycles. The molecule has 13 nitrogen and oxygen atoms in total. The number of nitro groups is 2. The van der Waals surface area contributed by atoms with Gasteiger partial charge in [-0.1, -0.05) is 35.3 Å². The molecule has 2 heterocycles. The molecule has 0 amide bonds. The maximum absolute atomic E-state index is 10.5. The lowest BCUT2D eigenvalue weighted by atomic mass is 10.2. The van der Waals surface area contributed by atoms with Gasteiger partial charge in [0, 0.05) is 52.2 Å². The zero-order chi connectivity index (χ0) is 31.8. The number of aliphatic hydroxyl groups excluding tert-OH is 1. The molecule has 0 aromatic carbocycles. The van der Waals surface area contributed by atoms with Gasteiger partial charge in [0.05, 0.1) is 9.85 Å². The number of hydrogen-bond acceptors (Lipinski definition) is 12. The predicted octanol–water partition coefficient (Wildman–Crippen LogP) is 4.42. The van der Waals surface area contributed by atoms with Crippen molar-refractivity contribution in [3.05, 3.63) is 102 Å². The molecule has 0 aliphatic carbocycles. The predicted molar refractivity (Wildman–Crippen MR) is 166 cm³/mol. The first-order chi connectivity index (χ1) is 19.5. The van der Waals surface area contributed by atoms with E-state index in [0.29, 0.717) is 47.3 Å². The van der Waals surface area contributed by atoms with Crippen LogP contribution in [-0.4, -0.2) is 74.8 Å². The van der Waals surface area contributed by atoms with Crippen molar-refractivity contribution in [3.63, 3.8) is 0 Å². The molecule has 16 heteroatoms. The molecule has 0 saturated carbocycles. The van der Waals surface area contributed by atoms with Crippen molar-refractivity contribution in [2.75, 3.05) is 40.0 Å². The Morgan fingerprint density at radius 2 is 1.37 bits per heavy atom. The van der Waals surface area contributed by atoms with Crippen molar-refractivity contribution in [2.24, 2.45) is 5.73 Å². The van der Waals surface area contributed by atoms with E-state index in [1.807, 2.05) is 42.0 Å². The number of aromatic nitrogens is 2. The molecule has 230 valence electrons. The molecule has 0 bridgehead atoms. The van der Waals surface area contributed by atoms with Gasteiger partial charge < -0.3 is 26.0 Å². The Morgan fingerprint density at radius 3 is 1.66 bits per heavy atom. The number of aliphatic hydroxyl groups is 1. The first-order valence-electron chi connectivity index (χ1n) is 12.4. The summed E-state index contributed by atoms with van der Waals surface area (Å²) in [5.74, 6) is 0.456. The second-order valence-electron chi connectivity index (χ2n) is 7.33. The summed E-state index contributed by atoms with van der Waals surface area (Å²) in [5.41, 5.74) is 6.40. The number of nitrogens with zero attached hydrogens (tertiary/aromatic N) is 6. The Bertz CT molecular complexity index is 977. The van der Waals surface area contributed by atoms with Crippen LogP contribution in [0.3, 0.4) is 0 Å². The molecule has 0 spiro atoms. The lowest BCUT2D eigenvalue weighted by molar-refractivity contribution is -0.404. The van der Waals surface area contributed by atoms with Gasteiger partial charge in [0.1, 0.15) is 15.3 Å². The van der Waals surface area contributed by atoms with Crippen molar-refractivity contribution >= 4 is 35.0 Å². The summed E-state index contributed by atoms with van der Waals surface area (Å²) in [4.78, 5) is 31.9. The van der Waals surface area contributed by atoms with E-state index in [2.05, 4.69) is 21.0 Å². The van der Waals surface area contributed by atoms with Gasteiger partial charge >= 0.3 is 0 Å². The van der Waals surface area contributed by atoms with Crippen molar-refractivity contribution in [3.8, 4) is 0 Å².